The summed E-state index contributed by atoms with van der Waals surface area (Å²) >= 11 is 2.09. The summed E-state index contributed by atoms with van der Waals surface area (Å²) in [6.45, 7) is 10.5. The minimum atomic E-state index is -0.608. The topological polar surface area (TPSA) is 19.4 Å². The summed E-state index contributed by atoms with van der Waals surface area (Å²) in [5.41, 5.74) is 34.8. The van der Waals surface area contributed by atoms with E-state index in [1.54, 1.807) is 0 Å². The molecule has 4 atom stereocenters. The van der Waals surface area contributed by atoms with Gasteiger partial charge in [-0.2, -0.15) is 0 Å². The third-order valence-electron chi connectivity index (χ3n) is 26.2. The first kappa shape index (κ1) is 73.4. The van der Waals surface area contributed by atoms with Crippen molar-refractivity contribution in [2.45, 2.75) is 74.8 Å². The molecule has 3 heterocycles. The quantitative estimate of drug-likeness (QED) is 0.0586. The molecule has 0 N–H and O–H groups in total. The molecule has 0 radical (unpaired) electrons. The zero-order valence-corrected chi connectivity index (χ0v) is 68.5. The first-order chi connectivity index (χ1) is 58.8. The van der Waals surface area contributed by atoms with Crippen molar-refractivity contribution in [1.82, 2.24) is 0 Å². The molecule has 14 aromatic rings. The Morgan fingerprint density at radius 2 is 0.899 bits per heavy atom. The predicted octanol–water partition coefficient (Wildman–Crippen LogP) is 26.1. The van der Waals surface area contributed by atoms with E-state index in [2.05, 4.69) is 469 Å². The van der Waals surface area contributed by atoms with Gasteiger partial charge in [0.15, 0.2) is 0 Å². The van der Waals surface area contributed by atoms with Crippen molar-refractivity contribution >= 4 is 143 Å². The van der Waals surface area contributed by atoms with E-state index in [1.165, 1.54) is 117 Å². The highest BCUT2D eigenvalue weighted by molar-refractivity contribution is 8.00. The SMILES string of the molecule is CCN(c1ccccc1)c1cc(N(c2ccccc2)c2ccccc2)cc2c1B([C@H](C)C(C)Sc1cc3c(cc1C1(C)c4ccccc4-c4ccccc41)B1c4ccccc4N(c4ccccc4)c4cc(N(c5ccccc5)c5ccccc5)cc(c41)N3C1=C(C3C=CC=CC3)C=CCC1C1=CCCC=C1)c1ccccc1N2c1ccccc1. The summed E-state index contributed by atoms with van der Waals surface area (Å²) in [4.78, 5) is 16.8. The maximum Gasteiger partial charge on any atom is 0.252 e. The van der Waals surface area contributed by atoms with Crippen LogP contribution in [0.3, 0.4) is 0 Å². The number of anilines is 16. The number of nitrogens with zero attached hydrogens (tertiary/aromatic N) is 6. The number of allylic oxidation sites excluding steroid dienone is 11. The molecule has 0 spiro atoms. The fourth-order valence-electron chi connectivity index (χ4n) is 20.7. The number of fused-ring (bicyclic) bond motifs is 9. The average molecular weight is 1550 g/mol. The molecule has 0 fully saturated rings. The lowest BCUT2D eigenvalue weighted by Crippen LogP contribution is -2.62. The number of benzene rings is 14. The molecular formula is C110H92B2N6S. The monoisotopic (exact) mass is 1550 g/mol. The standard InChI is InChI=1S/C110H92B2N6S/c1-5-113(80-46-19-8-20-47-80)102-70-87(114(81-48-21-9-22-49-81)82-50-23-10-24-51-82)71-103-107(102)111(96-66-37-39-68-99(96)116(103)85-56-29-13-30-57-85)76(2)77(3)119-106-75-101-98(74-95(106)110(4)93-64-35-33-60-91(93)92-61-34-36-65-94(92)110)112-97-67-38-40-69-100(97)117(86-58-31-14-32-59-86)104-72-88(115(83-52-25-11-26-53-83)84-54-27-12-28-55-84)73-105(108(104)112)118(101)109-89(78-42-15-6-16-43-78)62-41-63-90(109)79-44-17-7-18-45-79/h6,8-17,19-42,44-62,64-78,90H,5,7,18,43,63H2,1-4H3/t76-,77?,78?,90?/m1/s1. The molecule has 0 amide bonds. The molecule has 3 unspecified atom stereocenters. The van der Waals surface area contributed by atoms with Crippen molar-refractivity contribution < 1.29 is 0 Å². The third kappa shape index (κ3) is 12.6. The fourth-order valence-corrected chi connectivity index (χ4v) is 22.1. The van der Waals surface area contributed by atoms with Gasteiger partial charge < -0.3 is 29.4 Å². The van der Waals surface area contributed by atoms with Gasteiger partial charge in [-0.25, -0.2) is 0 Å². The van der Waals surface area contributed by atoms with Gasteiger partial charge in [0, 0.05) is 119 Å². The molecule has 6 nitrogen and oxygen atoms in total. The van der Waals surface area contributed by atoms with Gasteiger partial charge in [-0.3, -0.25) is 0 Å². The summed E-state index contributed by atoms with van der Waals surface area (Å²) in [6, 6.07) is 131. The van der Waals surface area contributed by atoms with E-state index < -0.39 is 5.41 Å². The molecule has 14 aromatic carbocycles. The molecule has 0 saturated carbocycles. The maximum absolute atomic E-state index is 2.87. The van der Waals surface area contributed by atoms with Crippen molar-refractivity contribution in [1.29, 1.82) is 0 Å². The van der Waals surface area contributed by atoms with E-state index in [9.17, 15) is 0 Å². The summed E-state index contributed by atoms with van der Waals surface area (Å²) in [7, 11) is 0. The Bertz CT molecular complexity index is 6260. The number of hydrogen-bond donors (Lipinski definition) is 0. The molecule has 4 aliphatic carbocycles. The van der Waals surface area contributed by atoms with Crippen molar-refractivity contribution in [3.8, 4) is 11.1 Å². The van der Waals surface area contributed by atoms with Crippen LogP contribution < -0.4 is 56.7 Å². The fraction of sp³-hybridized carbons (Fsp3) is 0.127. The second kappa shape index (κ2) is 31.0. The largest absolute Gasteiger partial charge is 0.342 e. The van der Waals surface area contributed by atoms with Crippen LogP contribution in [-0.4, -0.2) is 25.2 Å². The van der Waals surface area contributed by atoms with Crippen LogP contribution in [0.4, 0.5) is 91.0 Å². The van der Waals surface area contributed by atoms with Crippen molar-refractivity contribution in [3.05, 3.63) is 434 Å². The van der Waals surface area contributed by atoms with Crippen molar-refractivity contribution in [2.75, 3.05) is 35.9 Å². The Balaban J connectivity index is 0.850. The molecule has 9 heteroatoms. The van der Waals surface area contributed by atoms with Crippen LogP contribution in [0.2, 0.25) is 5.82 Å². The normalized spacial score (nSPS) is 16.6. The maximum atomic E-state index is 2.87. The first-order valence-corrected chi connectivity index (χ1v) is 43.5. The van der Waals surface area contributed by atoms with Crippen molar-refractivity contribution in [2.24, 2.45) is 11.8 Å². The van der Waals surface area contributed by atoms with Crippen LogP contribution in [0.15, 0.2) is 422 Å². The number of hydrogen-bond acceptors (Lipinski definition) is 7. The highest BCUT2D eigenvalue weighted by Gasteiger charge is 2.51. The molecule has 0 bridgehead atoms. The molecule has 3 aliphatic heterocycles. The van der Waals surface area contributed by atoms with Crippen LogP contribution in [0.1, 0.15) is 70.1 Å². The lowest BCUT2D eigenvalue weighted by molar-refractivity contribution is 0.657. The summed E-state index contributed by atoms with van der Waals surface area (Å²) in [5.74, 6) is 0.171. The zero-order chi connectivity index (χ0) is 79.7. The van der Waals surface area contributed by atoms with Gasteiger partial charge in [-0.1, -0.05) is 292 Å². The van der Waals surface area contributed by atoms with Crippen LogP contribution in [-0.2, 0) is 5.41 Å². The Kier molecular flexibility index (Phi) is 19.1. The molecular weight excluding hydrogens is 1460 g/mol. The number of rotatable bonds is 19. The molecule has 0 saturated heterocycles. The smallest absolute Gasteiger partial charge is 0.252 e. The van der Waals surface area contributed by atoms with Crippen LogP contribution in [0.5, 0.6) is 0 Å². The zero-order valence-electron chi connectivity index (χ0n) is 67.7. The van der Waals surface area contributed by atoms with Gasteiger partial charge in [0.2, 0.25) is 6.71 Å². The highest BCUT2D eigenvalue weighted by atomic mass is 32.2. The van der Waals surface area contributed by atoms with Gasteiger partial charge in [-0.15, -0.1) is 11.8 Å². The lowest BCUT2D eigenvalue weighted by atomic mass is 9.31. The van der Waals surface area contributed by atoms with Crippen molar-refractivity contribution in [3.63, 3.8) is 0 Å². The second-order valence-corrected chi connectivity index (χ2v) is 34.2. The highest BCUT2D eigenvalue weighted by Crippen LogP contribution is 2.59. The van der Waals surface area contributed by atoms with Crippen LogP contribution >= 0.6 is 11.8 Å². The van der Waals surface area contributed by atoms with E-state index in [-0.39, 0.29) is 36.3 Å². The minimum absolute atomic E-state index is 0.000409. The molecule has 574 valence electrons. The van der Waals surface area contributed by atoms with Crippen LogP contribution in [0.25, 0.3) is 11.1 Å². The van der Waals surface area contributed by atoms with E-state index in [0.29, 0.717) is 0 Å². The van der Waals surface area contributed by atoms with E-state index in [0.717, 1.165) is 83.4 Å². The van der Waals surface area contributed by atoms with Crippen LogP contribution in [0, 0.1) is 11.8 Å². The molecule has 0 aromatic heterocycles. The summed E-state index contributed by atoms with van der Waals surface area (Å²) < 4.78 is 0. The van der Waals surface area contributed by atoms with Gasteiger partial charge >= 0.3 is 0 Å². The molecule has 21 rings (SSSR count). The first-order valence-electron chi connectivity index (χ1n) is 42.6. The number of thioether (sulfide) groups is 1. The number of para-hydroxylation sites is 9. The van der Waals surface area contributed by atoms with Gasteiger partial charge in [0.1, 0.15) is 0 Å². The Morgan fingerprint density at radius 1 is 0.412 bits per heavy atom. The molecule has 119 heavy (non-hydrogen) atoms. The molecule has 7 aliphatic rings. The van der Waals surface area contributed by atoms with Gasteiger partial charge in [0.05, 0.1) is 11.4 Å². The minimum Gasteiger partial charge on any atom is -0.342 e. The second-order valence-electron chi connectivity index (χ2n) is 32.8. The van der Waals surface area contributed by atoms with E-state index >= 15 is 0 Å². The van der Waals surface area contributed by atoms with E-state index in [1.807, 2.05) is 0 Å². The summed E-state index contributed by atoms with van der Waals surface area (Å²) in [6.07, 6.45) is 25.7. The average Bonchev–Trinajstić information content (AvgIpc) is 1.09. The summed E-state index contributed by atoms with van der Waals surface area (Å²) in [5, 5.41) is 0.000409. The van der Waals surface area contributed by atoms with E-state index in [4.69, 9.17) is 0 Å². The predicted molar refractivity (Wildman–Crippen MR) is 508 cm³/mol. The third-order valence-corrected chi connectivity index (χ3v) is 27.6. The Labute approximate surface area is 706 Å². The van der Waals surface area contributed by atoms with Gasteiger partial charge in [0.25, 0.3) is 6.71 Å². The van der Waals surface area contributed by atoms with Gasteiger partial charge in [-0.05, 0) is 234 Å². The lowest BCUT2D eigenvalue weighted by Gasteiger charge is -2.48. The Morgan fingerprint density at radius 3 is 1.44 bits per heavy atom. The Hall–Kier alpha value is -13.2.